The highest BCUT2D eigenvalue weighted by Gasteiger charge is 2.11. The van der Waals surface area contributed by atoms with Gasteiger partial charge in [0.1, 0.15) is 5.65 Å². The molecule has 0 radical (unpaired) electrons. The molecular formula is C17H16N2O2. The quantitative estimate of drug-likeness (QED) is 0.738. The summed E-state index contributed by atoms with van der Waals surface area (Å²) < 4.78 is 7.05. The largest absolute Gasteiger partial charge is 0.377 e. The van der Waals surface area contributed by atoms with Crippen molar-refractivity contribution in [3.05, 3.63) is 70.6 Å². The predicted octanol–water partition coefficient (Wildman–Crippen LogP) is 2.92. The van der Waals surface area contributed by atoms with Crippen molar-refractivity contribution in [3.8, 4) is 5.69 Å². The number of ether oxygens (including phenoxy) is 1. The van der Waals surface area contributed by atoms with Gasteiger partial charge < -0.3 is 4.74 Å². The van der Waals surface area contributed by atoms with Crippen LogP contribution in [0.3, 0.4) is 0 Å². The van der Waals surface area contributed by atoms with E-state index in [-0.39, 0.29) is 5.56 Å². The van der Waals surface area contributed by atoms with E-state index in [1.807, 2.05) is 55.5 Å². The fourth-order valence-electron chi connectivity index (χ4n) is 2.33. The summed E-state index contributed by atoms with van der Waals surface area (Å²) in [5, 5.41) is 0.927. The number of para-hydroxylation sites is 1. The molecule has 0 aliphatic rings. The van der Waals surface area contributed by atoms with E-state index in [9.17, 15) is 4.79 Å². The zero-order valence-corrected chi connectivity index (χ0v) is 11.8. The Bertz CT molecular complexity index is 810. The van der Waals surface area contributed by atoms with E-state index in [0.717, 1.165) is 11.1 Å². The highest BCUT2D eigenvalue weighted by Crippen LogP contribution is 2.16. The third-order valence-electron chi connectivity index (χ3n) is 3.31. The molecule has 2 heterocycles. The van der Waals surface area contributed by atoms with E-state index in [4.69, 9.17) is 4.74 Å². The lowest BCUT2D eigenvalue weighted by molar-refractivity contribution is 0.133. The van der Waals surface area contributed by atoms with Crippen molar-refractivity contribution >= 4 is 11.0 Å². The van der Waals surface area contributed by atoms with E-state index in [2.05, 4.69) is 4.98 Å². The van der Waals surface area contributed by atoms with E-state index in [0.29, 0.717) is 24.4 Å². The van der Waals surface area contributed by atoms with Gasteiger partial charge in [0.2, 0.25) is 0 Å². The van der Waals surface area contributed by atoms with Crippen molar-refractivity contribution in [1.82, 2.24) is 9.55 Å². The molecule has 4 heteroatoms. The Balaban J connectivity index is 2.29. The topological polar surface area (TPSA) is 44.1 Å². The van der Waals surface area contributed by atoms with Gasteiger partial charge in [0.25, 0.3) is 5.56 Å². The molecule has 0 saturated carbocycles. The molecule has 0 fully saturated rings. The molecule has 4 nitrogen and oxygen atoms in total. The van der Waals surface area contributed by atoms with Crippen LogP contribution in [0.4, 0.5) is 0 Å². The summed E-state index contributed by atoms with van der Waals surface area (Å²) in [4.78, 5) is 17.1. The predicted molar refractivity (Wildman–Crippen MR) is 82.7 cm³/mol. The minimum Gasteiger partial charge on any atom is -0.377 e. The second-order valence-corrected chi connectivity index (χ2v) is 4.70. The van der Waals surface area contributed by atoms with Crippen LogP contribution in [0, 0.1) is 0 Å². The Hall–Kier alpha value is -2.46. The normalized spacial score (nSPS) is 10.9. The molecule has 21 heavy (non-hydrogen) atoms. The van der Waals surface area contributed by atoms with E-state index < -0.39 is 0 Å². The summed E-state index contributed by atoms with van der Waals surface area (Å²) in [7, 11) is 0. The van der Waals surface area contributed by atoms with Crippen LogP contribution in [0.2, 0.25) is 0 Å². The first kappa shape index (κ1) is 13.5. The van der Waals surface area contributed by atoms with Crippen molar-refractivity contribution in [2.75, 3.05) is 6.61 Å². The number of pyridine rings is 2. The van der Waals surface area contributed by atoms with Crippen LogP contribution < -0.4 is 5.56 Å². The summed E-state index contributed by atoms with van der Waals surface area (Å²) >= 11 is 0. The van der Waals surface area contributed by atoms with Crippen molar-refractivity contribution in [2.24, 2.45) is 0 Å². The van der Waals surface area contributed by atoms with Crippen molar-refractivity contribution in [3.63, 3.8) is 0 Å². The minimum absolute atomic E-state index is 0.0825. The molecule has 0 aliphatic carbocycles. The zero-order valence-electron chi connectivity index (χ0n) is 11.8. The van der Waals surface area contributed by atoms with Crippen LogP contribution in [0.15, 0.2) is 59.5 Å². The first-order valence-corrected chi connectivity index (χ1v) is 6.94. The van der Waals surface area contributed by atoms with Gasteiger partial charge in [0.15, 0.2) is 0 Å². The third kappa shape index (κ3) is 2.58. The van der Waals surface area contributed by atoms with Gasteiger partial charge >= 0.3 is 0 Å². The van der Waals surface area contributed by atoms with Gasteiger partial charge in [-0.15, -0.1) is 0 Å². The summed E-state index contributed by atoms with van der Waals surface area (Å²) in [6.45, 7) is 2.81. The second kappa shape index (κ2) is 5.89. The van der Waals surface area contributed by atoms with Gasteiger partial charge in [0, 0.05) is 23.8 Å². The zero-order chi connectivity index (χ0) is 14.7. The monoisotopic (exact) mass is 280 g/mol. The number of fused-ring (bicyclic) bond motifs is 1. The maximum Gasteiger partial charge on any atom is 0.262 e. The Morgan fingerprint density at radius 2 is 1.95 bits per heavy atom. The van der Waals surface area contributed by atoms with Gasteiger partial charge in [-0.25, -0.2) is 4.98 Å². The molecule has 3 rings (SSSR count). The fraction of sp³-hybridized carbons (Fsp3) is 0.176. The summed E-state index contributed by atoms with van der Waals surface area (Å²) in [6.07, 6.45) is 1.70. The molecular weight excluding hydrogens is 264 g/mol. The molecule has 2 aromatic heterocycles. The van der Waals surface area contributed by atoms with Crippen LogP contribution >= 0.6 is 0 Å². The van der Waals surface area contributed by atoms with Crippen LogP contribution in [0.5, 0.6) is 0 Å². The third-order valence-corrected chi connectivity index (χ3v) is 3.31. The number of aromatic nitrogens is 2. The molecule has 0 bridgehead atoms. The average molecular weight is 280 g/mol. The van der Waals surface area contributed by atoms with Crippen LogP contribution in [0.1, 0.15) is 12.5 Å². The lowest BCUT2D eigenvalue weighted by Crippen LogP contribution is -2.23. The molecule has 0 spiro atoms. The molecule has 1 aromatic carbocycles. The molecule has 3 aromatic rings. The lowest BCUT2D eigenvalue weighted by atomic mass is 10.2. The highest BCUT2D eigenvalue weighted by atomic mass is 16.5. The minimum atomic E-state index is -0.0825. The Kier molecular flexibility index (Phi) is 3.79. The van der Waals surface area contributed by atoms with Crippen LogP contribution in [0.25, 0.3) is 16.7 Å². The van der Waals surface area contributed by atoms with Gasteiger partial charge in [-0.1, -0.05) is 18.2 Å². The first-order chi connectivity index (χ1) is 10.3. The standard InChI is InChI=1S/C17H16N2O2/c1-2-21-12-14-11-13-7-6-10-18-16(13)19(17(14)20)15-8-4-3-5-9-15/h3-11H,2,12H2,1H3. The maximum absolute atomic E-state index is 12.7. The van der Waals surface area contributed by atoms with Crippen molar-refractivity contribution in [1.29, 1.82) is 0 Å². The molecule has 0 atom stereocenters. The van der Waals surface area contributed by atoms with Crippen LogP contribution in [-0.4, -0.2) is 16.2 Å². The fourth-order valence-corrected chi connectivity index (χ4v) is 2.33. The molecule has 0 N–H and O–H groups in total. The van der Waals surface area contributed by atoms with Crippen LogP contribution in [-0.2, 0) is 11.3 Å². The second-order valence-electron chi connectivity index (χ2n) is 4.70. The van der Waals surface area contributed by atoms with Gasteiger partial charge in [-0.2, -0.15) is 0 Å². The molecule has 0 aliphatic heterocycles. The summed E-state index contributed by atoms with van der Waals surface area (Å²) in [5.41, 5.74) is 2.03. The molecule has 0 unspecified atom stereocenters. The Morgan fingerprint density at radius 3 is 2.71 bits per heavy atom. The van der Waals surface area contributed by atoms with Crippen molar-refractivity contribution in [2.45, 2.75) is 13.5 Å². The van der Waals surface area contributed by atoms with E-state index in [1.54, 1.807) is 10.8 Å². The average Bonchev–Trinajstić information content (AvgIpc) is 2.54. The van der Waals surface area contributed by atoms with E-state index in [1.165, 1.54) is 0 Å². The van der Waals surface area contributed by atoms with E-state index >= 15 is 0 Å². The van der Waals surface area contributed by atoms with Gasteiger partial charge in [-0.05, 0) is 37.3 Å². The summed E-state index contributed by atoms with van der Waals surface area (Å²) in [6, 6.07) is 15.2. The SMILES string of the molecule is CCOCc1cc2cccnc2n(-c2ccccc2)c1=O. The van der Waals surface area contributed by atoms with Gasteiger partial charge in [0.05, 0.1) is 12.3 Å². The maximum atomic E-state index is 12.7. The molecule has 0 saturated heterocycles. The number of hydrogen-bond donors (Lipinski definition) is 0. The lowest BCUT2D eigenvalue weighted by Gasteiger charge is -2.12. The summed E-state index contributed by atoms with van der Waals surface area (Å²) in [5.74, 6) is 0. The Morgan fingerprint density at radius 1 is 1.14 bits per heavy atom. The number of benzene rings is 1. The smallest absolute Gasteiger partial charge is 0.262 e. The number of hydrogen-bond acceptors (Lipinski definition) is 3. The highest BCUT2D eigenvalue weighted by molar-refractivity contribution is 5.77. The molecule has 106 valence electrons. The molecule has 0 amide bonds. The first-order valence-electron chi connectivity index (χ1n) is 6.94. The van der Waals surface area contributed by atoms with Gasteiger partial charge in [-0.3, -0.25) is 9.36 Å². The number of rotatable bonds is 4. The Labute approximate surface area is 122 Å². The number of nitrogens with zero attached hydrogens (tertiary/aromatic N) is 2. The van der Waals surface area contributed by atoms with Crippen molar-refractivity contribution < 1.29 is 4.74 Å².